The molecular formula is C26H21Cl2N3O3. The number of nitrogens with zero attached hydrogens (tertiary/aromatic N) is 1. The molecule has 3 amide bonds. The Bertz CT molecular complexity index is 1360. The van der Waals surface area contributed by atoms with Crippen LogP contribution in [0.4, 0.5) is 17.1 Å². The van der Waals surface area contributed by atoms with Crippen molar-refractivity contribution in [1.29, 1.82) is 0 Å². The van der Waals surface area contributed by atoms with Crippen molar-refractivity contribution in [3.8, 4) is 0 Å². The Morgan fingerprint density at radius 1 is 0.853 bits per heavy atom. The van der Waals surface area contributed by atoms with E-state index < -0.39 is 11.8 Å². The molecule has 1 aliphatic heterocycles. The highest BCUT2D eigenvalue weighted by Crippen LogP contribution is 2.31. The molecule has 1 aliphatic rings. The molecule has 8 heteroatoms. The van der Waals surface area contributed by atoms with Crippen molar-refractivity contribution in [2.45, 2.75) is 20.8 Å². The van der Waals surface area contributed by atoms with Crippen LogP contribution in [0.3, 0.4) is 0 Å². The van der Waals surface area contributed by atoms with E-state index in [2.05, 4.69) is 10.6 Å². The van der Waals surface area contributed by atoms with Gasteiger partial charge in [0.25, 0.3) is 17.7 Å². The summed E-state index contributed by atoms with van der Waals surface area (Å²) >= 11 is 12.2. The third-order valence-corrected chi connectivity index (χ3v) is 5.91. The first kappa shape index (κ1) is 23.5. The van der Waals surface area contributed by atoms with Crippen molar-refractivity contribution in [1.82, 2.24) is 0 Å². The number of anilines is 3. The first-order chi connectivity index (χ1) is 16.1. The fraction of sp³-hybridized carbons (Fsp3) is 0.115. The van der Waals surface area contributed by atoms with Gasteiger partial charge in [0.15, 0.2) is 0 Å². The first-order valence-corrected chi connectivity index (χ1v) is 11.2. The van der Waals surface area contributed by atoms with Crippen LogP contribution < -0.4 is 15.5 Å². The summed E-state index contributed by atoms with van der Waals surface area (Å²) in [5.41, 5.74) is 4.51. The van der Waals surface area contributed by atoms with Gasteiger partial charge in [0.2, 0.25) is 0 Å². The Hall–Kier alpha value is -3.61. The molecule has 0 saturated carbocycles. The normalized spacial score (nSPS) is 13.5. The predicted molar refractivity (Wildman–Crippen MR) is 135 cm³/mol. The zero-order valence-electron chi connectivity index (χ0n) is 18.7. The fourth-order valence-corrected chi connectivity index (χ4v) is 4.21. The third kappa shape index (κ3) is 4.69. The number of hydrogen-bond acceptors (Lipinski definition) is 4. The monoisotopic (exact) mass is 493 g/mol. The molecule has 1 heterocycles. The minimum absolute atomic E-state index is 0.0445. The maximum Gasteiger partial charge on any atom is 0.283 e. The minimum atomic E-state index is -0.605. The number of amides is 3. The van der Waals surface area contributed by atoms with Crippen molar-refractivity contribution < 1.29 is 14.4 Å². The molecule has 3 aromatic carbocycles. The van der Waals surface area contributed by atoms with Gasteiger partial charge in [0.1, 0.15) is 10.7 Å². The second-order valence-electron chi connectivity index (χ2n) is 8.10. The second kappa shape index (κ2) is 9.33. The lowest BCUT2D eigenvalue weighted by Gasteiger charge is -2.16. The Labute approximate surface area is 207 Å². The summed E-state index contributed by atoms with van der Waals surface area (Å²) in [5, 5.41) is 6.13. The molecule has 0 spiro atoms. The standard InChI is InChI=1S/C26H21Cl2N3O3/c1-14-9-15(2)11-20(10-14)31-25(33)22(28)23(26(31)34)29-19-6-4-5-17(13-19)24(32)30-21-8-7-18(27)12-16(21)3/h4-13,29H,1-3H3,(H,30,32). The van der Waals surface area contributed by atoms with Crippen LogP contribution in [0, 0.1) is 20.8 Å². The van der Waals surface area contributed by atoms with Gasteiger partial charge in [-0.15, -0.1) is 0 Å². The highest BCUT2D eigenvalue weighted by molar-refractivity contribution is 6.53. The topological polar surface area (TPSA) is 78.5 Å². The molecule has 0 fully saturated rings. The number of hydrogen-bond donors (Lipinski definition) is 2. The number of carbonyl (C=O) groups excluding carboxylic acids is 3. The van der Waals surface area contributed by atoms with Crippen molar-refractivity contribution in [3.63, 3.8) is 0 Å². The number of aryl methyl sites for hydroxylation is 3. The summed E-state index contributed by atoms with van der Waals surface area (Å²) in [4.78, 5) is 39.7. The van der Waals surface area contributed by atoms with Crippen LogP contribution in [0.5, 0.6) is 0 Å². The summed E-state index contributed by atoms with van der Waals surface area (Å²) < 4.78 is 0. The summed E-state index contributed by atoms with van der Waals surface area (Å²) in [6.45, 7) is 5.62. The number of benzene rings is 3. The molecule has 0 radical (unpaired) electrons. The Morgan fingerprint density at radius 3 is 2.24 bits per heavy atom. The molecule has 2 N–H and O–H groups in total. The van der Waals surface area contributed by atoms with Crippen LogP contribution in [-0.4, -0.2) is 17.7 Å². The molecule has 3 aromatic rings. The maximum absolute atomic E-state index is 13.1. The van der Waals surface area contributed by atoms with Gasteiger partial charge in [-0.05, 0) is 86.0 Å². The van der Waals surface area contributed by atoms with E-state index in [1.807, 2.05) is 26.8 Å². The zero-order chi connectivity index (χ0) is 24.6. The molecule has 0 saturated heterocycles. The second-order valence-corrected chi connectivity index (χ2v) is 8.91. The van der Waals surface area contributed by atoms with Gasteiger partial charge in [-0.1, -0.05) is 35.3 Å². The number of imide groups is 1. The highest BCUT2D eigenvalue weighted by atomic mass is 35.5. The van der Waals surface area contributed by atoms with Gasteiger partial charge < -0.3 is 10.6 Å². The highest BCUT2D eigenvalue weighted by Gasteiger charge is 2.39. The van der Waals surface area contributed by atoms with Crippen molar-refractivity contribution in [2.75, 3.05) is 15.5 Å². The van der Waals surface area contributed by atoms with Gasteiger partial charge >= 0.3 is 0 Å². The average molecular weight is 494 g/mol. The third-order valence-electron chi connectivity index (χ3n) is 5.32. The number of nitrogens with one attached hydrogen (secondary N) is 2. The maximum atomic E-state index is 13.1. The first-order valence-electron chi connectivity index (χ1n) is 10.5. The molecule has 172 valence electrons. The van der Waals surface area contributed by atoms with E-state index in [1.54, 1.807) is 54.6 Å². The van der Waals surface area contributed by atoms with E-state index in [4.69, 9.17) is 23.2 Å². The number of rotatable bonds is 5. The summed E-state index contributed by atoms with van der Waals surface area (Å²) in [6, 6.07) is 17.2. The number of halogens is 2. The largest absolute Gasteiger partial charge is 0.350 e. The Kier molecular flexibility index (Phi) is 6.46. The van der Waals surface area contributed by atoms with E-state index in [-0.39, 0.29) is 16.6 Å². The van der Waals surface area contributed by atoms with Gasteiger partial charge in [-0.3, -0.25) is 14.4 Å². The van der Waals surface area contributed by atoms with Crippen molar-refractivity contribution in [3.05, 3.63) is 98.7 Å². The van der Waals surface area contributed by atoms with Gasteiger partial charge in [-0.25, -0.2) is 4.90 Å². The fourth-order valence-electron chi connectivity index (χ4n) is 3.77. The Balaban J connectivity index is 1.56. The summed E-state index contributed by atoms with van der Waals surface area (Å²) in [5.74, 6) is -1.50. The molecule has 0 aromatic heterocycles. The Morgan fingerprint density at radius 2 is 1.56 bits per heavy atom. The van der Waals surface area contributed by atoms with E-state index in [0.717, 1.165) is 21.6 Å². The van der Waals surface area contributed by atoms with Gasteiger partial charge in [0, 0.05) is 22.0 Å². The zero-order valence-corrected chi connectivity index (χ0v) is 20.2. The van der Waals surface area contributed by atoms with Crippen LogP contribution in [0.1, 0.15) is 27.0 Å². The predicted octanol–water partition coefficient (Wildman–Crippen LogP) is 5.95. The summed E-state index contributed by atoms with van der Waals surface area (Å²) in [7, 11) is 0. The van der Waals surface area contributed by atoms with E-state index in [0.29, 0.717) is 27.6 Å². The van der Waals surface area contributed by atoms with Gasteiger partial charge in [0.05, 0.1) is 5.69 Å². The smallest absolute Gasteiger partial charge is 0.283 e. The van der Waals surface area contributed by atoms with E-state index >= 15 is 0 Å². The van der Waals surface area contributed by atoms with Crippen molar-refractivity contribution in [2.24, 2.45) is 0 Å². The average Bonchev–Trinajstić information content (AvgIpc) is 2.98. The lowest BCUT2D eigenvalue weighted by Crippen LogP contribution is -2.32. The van der Waals surface area contributed by atoms with E-state index in [1.165, 1.54) is 0 Å². The molecule has 34 heavy (non-hydrogen) atoms. The lowest BCUT2D eigenvalue weighted by molar-refractivity contribution is -0.120. The van der Waals surface area contributed by atoms with Crippen LogP contribution >= 0.6 is 23.2 Å². The lowest BCUT2D eigenvalue weighted by atomic mass is 10.1. The van der Waals surface area contributed by atoms with E-state index in [9.17, 15) is 14.4 Å². The van der Waals surface area contributed by atoms with Crippen LogP contribution in [0.2, 0.25) is 5.02 Å². The molecular weight excluding hydrogens is 473 g/mol. The molecule has 0 aliphatic carbocycles. The number of carbonyl (C=O) groups is 3. The molecule has 0 unspecified atom stereocenters. The molecule has 0 atom stereocenters. The molecule has 6 nitrogen and oxygen atoms in total. The van der Waals surface area contributed by atoms with Crippen LogP contribution in [0.25, 0.3) is 0 Å². The van der Waals surface area contributed by atoms with Crippen LogP contribution in [-0.2, 0) is 9.59 Å². The molecule has 0 bridgehead atoms. The minimum Gasteiger partial charge on any atom is -0.350 e. The molecule has 4 rings (SSSR count). The summed E-state index contributed by atoms with van der Waals surface area (Å²) in [6.07, 6.45) is 0. The quantitative estimate of drug-likeness (QED) is 0.430. The van der Waals surface area contributed by atoms with Crippen molar-refractivity contribution >= 4 is 58.0 Å². The SMILES string of the molecule is Cc1cc(C)cc(N2C(=O)C(Cl)=C(Nc3cccc(C(=O)Nc4ccc(Cl)cc4C)c3)C2=O)c1. The van der Waals surface area contributed by atoms with Gasteiger partial charge in [-0.2, -0.15) is 0 Å². The van der Waals surface area contributed by atoms with Crippen LogP contribution in [0.15, 0.2) is 71.4 Å².